The first-order valence-electron chi connectivity index (χ1n) is 5.41. The lowest BCUT2D eigenvalue weighted by Gasteiger charge is -2.01. The fourth-order valence-electron chi connectivity index (χ4n) is 1.79. The van der Waals surface area contributed by atoms with Crippen molar-refractivity contribution in [3.63, 3.8) is 0 Å². The van der Waals surface area contributed by atoms with Crippen LogP contribution in [0, 0.1) is 0 Å². The molecule has 0 unspecified atom stereocenters. The molecule has 0 aliphatic carbocycles. The van der Waals surface area contributed by atoms with Gasteiger partial charge in [0.25, 0.3) is 0 Å². The van der Waals surface area contributed by atoms with Crippen molar-refractivity contribution in [1.29, 1.82) is 0 Å². The molecule has 0 aliphatic heterocycles. The molecule has 0 bridgehead atoms. The third-order valence-electron chi connectivity index (χ3n) is 2.61. The lowest BCUT2D eigenvalue weighted by molar-refractivity contribution is 0.0689. The zero-order valence-corrected chi connectivity index (χ0v) is 14.7. The smallest absolute Gasteiger partial charge is 0.346 e. The SMILES string of the molecule is O=C(O)c1sc(Br)cc1CCc1cc(Br)sc1C(=O)O. The van der Waals surface area contributed by atoms with Crippen LogP contribution in [-0.2, 0) is 12.8 Å². The number of thiophene rings is 2. The number of carboxylic acid groups (broad SMARTS) is 2. The summed E-state index contributed by atoms with van der Waals surface area (Å²) in [5, 5.41) is 18.2. The van der Waals surface area contributed by atoms with Crippen LogP contribution in [-0.4, -0.2) is 22.2 Å². The van der Waals surface area contributed by atoms with Crippen LogP contribution in [0.15, 0.2) is 19.7 Å². The first kappa shape index (κ1) is 15.7. The van der Waals surface area contributed by atoms with Gasteiger partial charge in [0.2, 0.25) is 0 Å². The van der Waals surface area contributed by atoms with Crippen molar-refractivity contribution in [2.45, 2.75) is 12.8 Å². The summed E-state index contributed by atoms with van der Waals surface area (Å²) < 4.78 is 1.52. The van der Waals surface area contributed by atoms with E-state index in [1.54, 1.807) is 12.1 Å². The molecule has 8 heteroatoms. The minimum Gasteiger partial charge on any atom is -0.477 e. The molecular formula is C12H8Br2O4S2. The van der Waals surface area contributed by atoms with Crippen LogP contribution in [0.2, 0.25) is 0 Å². The van der Waals surface area contributed by atoms with E-state index >= 15 is 0 Å². The lowest BCUT2D eigenvalue weighted by atomic mass is 10.1. The summed E-state index contributed by atoms with van der Waals surface area (Å²) in [5.74, 6) is -1.92. The summed E-state index contributed by atoms with van der Waals surface area (Å²) in [4.78, 5) is 22.8. The van der Waals surface area contributed by atoms with Gasteiger partial charge in [-0.2, -0.15) is 0 Å². The predicted molar refractivity (Wildman–Crippen MR) is 85.4 cm³/mol. The summed E-state index contributed by atoms with van der Waals surface area (Å²) in [6.07, 6.45) is 0.986. The molecule has 0 atom stereocenters. The molecule has 20 heavy (non-hydrogen) atoms. The van der Waals surface area contributed by atoms with E-state index < -0.39 is 11.9 Å². The number of hydrogen-bond acceptors (Lipinski definition) is 4. The van der Waals surface area contributed by atoms with Crippen molar-refractivity contribution < 1.29 is 19.8 Å². The zero-order valence-electron chi connectivity index (χ0n) is 9.85. The van der Waals surface area contributed by atoms with Gasteiger partial charge in [0.05, 0.1) is 7.57 Å². The third kappa shape index (κ3) is 3.49. The lowest BCUT2D eigenvalue weighted by Crippen LogP contribution is -2.02. The largest absolute Gasteiger partial charge is 0.477 e. The molecule has 0 amide bonds. The molecule has 2 N–H and O–H groups in total. The summed E-state index contributed by atoms with van der Waals surface area (Å²) in [5.41, 5.74) is 1.43. The van der Waals surface area contributed by atoms with E-state index in [1.807, 2.05) is 0 Å². The molecule has 4 nitrogen and oxygen atoms in total. The highest BCUT2D eigenvalue weighted by molar-refractivity contribution is 9.11. The molecule has 106 valence electrons. The minimum atomic E-state index is -0.958. The van der Waals surface area contributed by atoms with Crippen molar-refractivity contribution in [2.24, 2.45) is 0 Å². The minimum absolute atomic E-state index is 0.294. The van der Waals surface area contributed by atoms with Crippen LogP contribution < -0.4 is 0 Å². The average molecular weight is 440 g/mol. The molecule has 0 saturated heterocycles. The fourth-order valence-corrected chi connectivity index (χ4v) is 4.87. The molecule has 0 fully saturated rings. The van der Waals surface area contributed by atoms with Crippen molar-refractivity contribution in [2.75, 3.05) is 0 Å². The molecule has 0 aromatic carbocycles. The zero-order chi connectivity index (χ0) is 14.9. The van der Waals surface area contributed by atoms with Gasteiger partial charge in [0.15, 0.2) is 0 Å². The second kappa shape index (κ2) is 6.38. The Morgan fingerprint density at radius 1 is 0.900 bits per heavy atom. The first-order valence-corrected chi connectivity index (χ1v) is 8.63. The Labute approximate surface area is 139 Å². The normalized spacial score (nSPS) is 10.7. The van der Waals surface area contributed by atoms with Crippen LogP contribution in [0.25, 0.3) is 0 Å². The van der Waals surface area contributed by atoms with E-state index in [0.29, 0.717) is 33.7 Å². The molecule has 2 aromatic rings. The summed E-state index contributed by atoms with van der Waals surface area (Å²) in [6.45, 7) is 0. The van der Waals surface area contributed by atoms with Crippen molar-refractivity contribution in [3.8, 4) is 0 Å². The van der Waals surface area contributed by atoms with E-state index in [4.69, 9.17) is 10.2 Å². The van der Waals surface area contributed by atoms with Gasteiger partial charge in [0.1, 0.15) is 9.75 Å². The highest BCUT2D eigenvalue weighted by Gasteiger charge is 2.18. The Kier molecular flexibility index (Phi) is 5.00. The number of rotatable bonds is 5. The standard InChI is InChI=1S/C12H8Br2O4S2/c13-7-3-5(9(19-7)11(15)16)1-2-6-4-8(14)20-10(6)12(17)18/h3-4H,1-2H2,(H,15,16)(H,17,18). The summed E-state index contributed by atoms with van der Waals surface area (Å²) in [7, 11) is 0. The molecule has 2 rings (SSSR count). The van der Waals surface area contributed by atoms with Crippen molar-refractivity contribution >= 4 is 66.5 Å². The number of halogens is 2. The average Bonchev–Trinajstić information content (AvgIpc) is 2.89. The number of carbonyl (C=O) groups is 2. The highest BCUT2D eigenvalue weighted by atomic mass is 79.9. The second-order valence-electron chi connectivity index (χ2n) is 3.92. The Balaban J connectivity index is 2.21. The number of hydrogen-bond donors (Lipinski definition) is 2. The van der Waals surface area contributed by atoms with Crippen LogP contribution >= 0.6 is 54.5 Å². The molecule has 2 aromatic heterocycles. The third-order valence-corrected chi connectivity index (χ3v) is 5.95. The maximum atomic E-state index is 11.1. The number of carboxylic acids is 2. The van der Waals surface area contributed by atoms with Gasteiger partial charge in [-0.3, -0.25) is 0 Å². The van der Waals surface area contributed by atoms with E-state index in [9.17, 15) is 9.59 Å². The molecular weight excluding hydrogens is 432 g/mol. The van der Waals surface area contributed by atoms with Gasteiger partial charge in [0, 0.05) is 0 Å². The number of aryl methyl sites for hydroxylation is 2. The van der Waals surface area contributed by atoms with Gasteiger partial charge in [-0.15, -0.1) is 22.7 Å². The Bertz CT molecular complexity index is 617. The highest BCUT2D eigenvalue weighted by Crippen LogP contribution is 2.31. The van der Waals surface area contributed by atoms with Crippen molar-refractivity contribution in [1.82, 2.24) is 0 Å². The van der Waals surface area contributed by atoms with Gasteiger partial charge >= 0.3 is 11.9 Å². The number of aromatic carboxylic acids is 2. The topological polar surface area (TPSA) is 74.6 Å². The fraction of sp³-hybridized carbons (Fsp3) is 0.167. The van der Waals surface area contributed by atoms with Gasteiger partial charge in [-0.05, 0) is 68.0 Å². The molecule has 0 spiro atoms. The van der Waals surface area contributed by atoms with Gasteiger partial charge < -0.3 is 10.2 Å². The van der Waals surface area contributed by atoms with E-state index in [2.05, 4.69) is 31.9 Å². The van der Waals surface area contributed by atoms with E-state index in [0.717, 1.165) is 7.57 Å². The van der Waals surface area contributed by atoms with E-state index in [-0.39, 0.29) is 0 Å². The first-order chi connectivity index (χ1) is 9.38. The monoisotopic (exact) mass is 438 g/mol. The molecule has 2 heterocycles. The predicted octanol–water partition coefficient (Wildman–Crippen LogP) is 4.52. The van der Waals surface area contributed by atoms with Crippen LogP contribution in [0.3, 0.4) is 0 Å². The van der Waals surface area contributed by atoms with E-state index in [1.165, 1.54) is 22.7 Å². The maximum Gasteiger partial charge on any atom is 0.346 e. The van der Waals surface area contributed by atoms with Crippen molar-refractivity contribution in [3.05, 3.63) is 40.6 Å². The van der Waals surface area contributed by atoms with Crippen LogP contribution in [0.5, 0.6) is 0 Å². The molecule has 0 radical (unpaired) electrons. The van der Waals surface area contributed by atoms with Gasteiger partial charge in [-0.1, -0.05) is 0 Å². The van der Waals surface area contributed by atoms with Crippen LogP contribution in [0.1, 0.15) is 30.5 Å². The molecule has 0 saturated carbocycles. The maximum absolute atomic E-state index is 11.1. The second-order valence-corrected chi connectivity index (χ2v) is 8.78. The Morgan fingerprint density at radius 2 is 1.25 bits per heavy atom. The summed E-state index contributed by atoms with van der Waals surface area (Å²) >= 11 is 8.88. The Morgan fingerprint density at radius 3 is 1.55 bits per heavy atom. The quantitative estimate of drug-likeness (QED) is 0.718. The van der Waals surface area contributed by atoms with Crippen LogP contribution in [0.4, 0.5) is 0 Å². The molecule has 0 aliphatic rings. The summed E-state index contributed by atoms with van der Waals surface area (Å²) in [6, 6.07) is 3.55. The Hall–Kier alpha value is -0.700. The van der Waals surface area contributed by atoms with Gasteiger partial charge in [-0.25, -0.2) is 9.59 Å².